The first kappa shape index (κ1) is 19.4. The van der Waals surface area contributed by atoms with Gasteiger partial charge in [0, 0.05) is 43.9 Å². The van der Waals surface area contributed by atoms with Crippen molar-refractivity contribution in [3.05, 3.63) is 16.3 Å². The second-order valence-electron chi connectivity index (χ2n) is 7.73. The average molecular weight is 405 g/mol. The molecule has 1 N–H and O–H groups in total. The van der Waals surface area contributed by atoms with Crippen molar-refractivity contribution >= 4 is 33.5 Å². The molecule has 2 aromatic heterocycles. The SMILES string of the molecule is CCOC(=O)N1CCN(c2nc(C[NH+]3CCCC3)nc3sc(C)c(C)c23)CC1. The van der Waals surface area contributed by atoms with Crippen molar-refractivity contribution in [1.82, 2.24) is 14.9 Å². The summed E-state index contributed by atoms with van der Waals surface area (Å²) < 4.78 is 5.15. The molecule has 0 aromatic carbocycles. The molecule has 0 spiro atoms. The molecular weight excluding hydrogens is 374 g/mol. The van der Waals surface area contributed by atoms with Gasteiger partial charge < -0.3 is 19.4 Å². The standard InChI is InChI=1S/C20H29N5O2S/c1-4-27-20(26)25-11-9-24(10-12-25)18-17-14(2)15(3)28-19(17)22-16(21-18)13-23-7-5-6-8-23/h4-13H2,1-3H3/p+1. The van der Waals surface area contributed by atoms with E-state index in [1.807, 2.05) is 6.92 Å². The third-order valence-electron chi connectivity index (χ3n) is 5.88. The zero-order valence-electron chi connectivity index (χ0n) is 17.1. The van der Waals surface area contributed by atoms with Gasteiger partial charge in [-0.25, -0.2) is 14.8 Å². The molecule has 0 aliphatic carbocycles. The van der Waals surface area contributed by atoms with Gasteiger partial charge in [0.05, 0.1) is 25.1 Å². The molecule has 1 amide bonds. The third kappa shape index (κ3) is 3.80. The van der Waals surface area contributed by atoms with Gasteiger partial charge in [-0.3, -0.25) is 0 Å². The minimum absolute atomic E-state index is 0.212. The lowest BCUT2D eigenvalue weighted by Crippen LogP contribution is -3.08. The number of ether oxygens (including phenoxy) is 1. The average Bonchev–Trinajstić information content (AvgIpc) is 3.30. The van der Waals surface area contributed by atoms with Crippen LogP contribution < -0.4 is 9.80 Å². The molecule has 7 nitrogen and oxygen atoms in total. The molecule has 0 unspecified atom stereocenters. The molecule has 4 heterocycles. The monoisotopic (exact) mass is 404 g/mol. The number of amides is 1. The number of nitrogens with zero attached hydrogens (tertiary/aromatic N) is 4. The number of quaternary nitrogens is 1. The lowest BCUT2D eigenvalue weighted by molar-refractivity contribution is -0.902. The number of carbonyl (C=O) groups excluding carboxylic acids is 1. The van der Waals surface area contributed by atoms with E-state index >= 15 is 0 Å². The maximum Gasteiger partial charge on any atom is 0.409 e. The Morgan fingerprint density at radius 1 is 1.14 bits per heavy atom. The minimum Gasteiger partial charge on any atom is -0.450 e. The summed E-state index contributed by atoms with van der Waals surface area (Å²) in [5, 5.41) is 1.19. The highest BCUT2D eigenvalue weighted by molar-refractivity contribution is 7.18. The van der Waals surface area contributed by atoms with Gasteiger partial charge in [0.25, 0.3) is 0 Å². The van der Waals surface area contributed by atoms with Crippen LogP contribution in [0, 0.1) is 13.8 Å². The zero-order chi connectivity index (χ0) is 19.7. The summed E-state index contributed by atoms with van der Waals surface area (Å²) in [7, 11) is 0. The van der Waals surface area contributed by atoms with Crippen LogP contribution in [-0.4, -0.2) is 66.8 Å². The van der Waals surface area contributed by atoms with Crippen molar-refractivity contribution in [3.8, 4) is 0 Å². The van der Waals surface area contributed by atoms with E-state index in [0.717, 1.165) is 36.1 Å². The van der Waals surface area contributed by atoms with E-state index in [9.17, 15) is 4.79 Å². The first-order valence-corrected chi connectivity index (χ1v) is 11.1. The van der Waals surface area contributed by atoms with Gasteiger partial charge in [-0.05, 0) is 26.3 Å². The van der Waals surface area contributed by atoms with E-state index in [2.05, 4.69) is 18.7 Å². The minimum atomic E-state index is -0.212. The van der Waals surface area contributed by atoms with Crippen LogP contribution in [0.3, 0.4) is 0 Å². The molecule has 8 heteroatoms. The first-order chi connectivity index (χ1) is 13.6. The molecule has 2 fully saturated rings. The lowest BCUT2D eigenvalue weighted by atomic mass is 10.2. The molecule has 0 saturated carbocycles. The molecule has 0 radical (unpaired) electrons. The maximum absolute atomic E-state index is 12.0. The molecule has 2 aromatic rings. The van der Waals surface area contributed by atoms with Gasteiger partial charge in [0.2, 0.25) is 0 Å². The number of aromatic nitrogens is 2. The van der Waals surface area contributed by atoms with E-state index in [0.29, 0.717) is 19.7 Å². The Kier molecular flexibility index (Phi) is 5.68. The number of carbonyl (C=O) groups is 1. The Morgan fingerprint density at radius 2 is 1.86 bits per heavy atom. The smallest absolute Gasteiger partial charge is 0.409 e. The van der Waals surface area contributed by atoms with Crippen molar-refractivity contribution < 1.29 is 14.4 Å². The fourth-order valence-corrected chi connectivity index (χ4v) is 5.21. The largest absolute Gasteiger partial charge is 0.450 e. The van der Waals surface area contributed by atoms with E-state index in [1.54, 1.807) is 21.1 Å². The van der Waals surface area contributed by atoms with Crippen LogP contribution in [0.5, 0.6) is 0 Å². The Morgan fingerprint density at radius 3 is 2.54 bits per heavy atom. The molecular formula is C20H30N5O2S+. The highest BCUT2D eigenvalue weighted by Gasteiger charge is 2.27. The highest BCUT2D eigenvalue weighted by Crippen LogP contribution is 2.35. The van der Waals surface area contributed by atoms with Crippen molar-refractivity contribution in [2.75, 3.05) is 50.8 Å². The molecule has 2 saturated heterocycles. The van der Waals surface area contributed by atoms with Crippen LogP contribution in [0.15, 0.2) is 0 Å². The summed E-state index contributed by atoms with van der Waals surface area (Å²) >= 11 is 1.77. The topological polar surface area (TPSA) is 63.0 Å². The summed E-state index contributed by atoms with van der Waals surface area (Å²) in [6.45, 7) is 12.8. The van der Waals surface area contributed by atoms with E-state index in [-0.39, 0.29) is 6.09 Å². The van der Waals surface area contributed by atoms with Crippen molar-refractivity contribution in [3.63, 3.8) is 0 Å². The van der Waals surface area contributed by atoms with Crippen molar-refractivity contribution in [1.29, 1.82) is 0 Å². The predicted octanol–water partition coefficient (Wildman–Crippen LogP) is 1.77. The van der Waals surface area contributed by atoms with E-state index in [4.69, 9.17) is 14.7 Å². The third-order valence-corrected chi connectivity index (χ3v) is 6.98. The number of piperazine rings is 1. The Labute approximate surface area is 170 Å². The summed E-state index contributed by atoms with van der Waals surface area (Å²) in [5.41, 5.74) is 1.28. The number of hydrogen-bond donors (Lipinski definition) is 1. The Bertz CT molecular complexity index is 854. The van der Waals surface area contributed by atoms with E-state index in [1.165, 1.54) is 41.8 Å². The van der Waals surface area contributed by atoms with Crippen LogP contribution in [0.1, 0.15) is 36.0 Å². The first-order valence-electron chi connectivity index (χ1n) is 10.3. The second-order valence-corrected chi connectivity index (χ2v) is 8.94. The van der Waals surface area contributed by atoms with Crippen LogP contribution in [0.2, 0.25) is 0 Å². The number of nitrogens with one attached hydrogen (secondary N) is 1. The number of aryl methyl sites for hydroxylation is 2. The molecule has 2 aliphatic heterocycles. The Balaban J connectivity index is 1.60. The number of rotatable bonds is 4. The fraction of sp³-hybridized carbons (Fsp3) is 0.650. The van der Waals surface area contributed by atoms with Crippen LogP contribution in [0.4, 0.5) is 10.6 Å². The van der Waals surface area contributed by atoms with Crippen LogP contribution >= 0.6 is 11.3 Å². The predicted molar refractivity (Wildman–Crippen MR) is 111 cm³/mol. The molecule has 28 heavy (non-hydrogen) atoms. The summed E-state index contributed by atoms with van der Waals surface area (Å²) in [4.78, 5) is 30.1. The molecule has 0 atom stereocenters. The van der Waals surface area contributed by atoms with E-state index < -0.39 is 0 Å². The summed E-state index contributed by atoms with van der Waals surface area (Å²) in [6, 6.07) is 0. The number of thiophene rings is 1. The van der Waals surface area contributed by atoms with Crippen LogP contribution in [0.25, 0.3) is 10.2 Å². The normalized spacial score (nSPS) is 18.2. The number of fused-ring (bicyclic) bond motifs is 1. The quantitative estimate of drug-likeness (QED) is 0.841. The number of likely N-dealkylation sites (tertiary alicyclic amines) is 1. The van der Waals surface area contributed by atoms with Gasteiger partial charge in [0.15, 0.2) is 5.82 Å². The van der Waals surface area contributed by atoms with Crippen LogP contribution in [-0.2, 0) is 11.3 Å². The molecule has 0 bridgehead atoms. The molecule has 152 valence electrons. The summed E-state index contributed by atoms with van der Waals surface area (Å²) in [6.07, 6.45) is 2.39. The van der Waals surface area contributed by atoms with Crippen molar-refractivity contribution in [2.45, 2.75) is 40.2 Å². The number of hydrogen-bond acceptors (Lipinski definition) is 6. The number of anilines is 1. The maximum atomic E-state index is 12.0. The highest BCUT2D eigenvalue weighted by atomic mass is 32.1. The fourth-order valence-electron chi connectivity index (χ4n) is 4.17. The van der Waals surface area contributed by atoms with Gasteiger partial charge in [-0.1, -0.05) is 0 Å². The molecule has 4 rings (SSSR count). The van der Waals surface area contributed by atoms with Gasteiger partial charge in [0.1, 0.15) is 17.2 Å². The van der Waals surface area contributed by atoms with Gasteiger partial charge in [-0.15, -0.1) is 11.3 Å². The Hall–Kier alpha value is -1.93. The van der Waals surface area contributed by atoms with Gasteiger partial charge in [-0.2, -0.15) is 0 Å². The zero-order valence-corrected chi connectivity index (χ0v) is 17.9. The van der Waals surface area contributed by atoms with Crippen molar-refractivity contribution in [2.24, 2.45) is 0 Å². The lowest BCUT2D eigenvalue weighted by Gasteiger charge is -2.35. The summed E-state index contributed by atoms with van der Waals surface area (Å²) in [5.74, 6) is 2.00. The second kappa shape index (κ2) is 8.21. The van der Waals surface area contributed by atoms with Gasteiger partial charge >= 0.3 is 6.09 Å². The molecule has 2 aliphatic rings.